The van der Waals surface area contributed by atoms with Crippen LogP contribution in [0.2, 0.25) is 64.1 Å². The lowest BCUT2D eigenvalue weighted by atomic mass is 10.4. The molecule has 0 saturated carbocycles. The normalized spacial score (nSPS) is 13.7. The van der Waals surface area contributed by atoms with E-state index in [4.69, 9.17) is 12.3 Å². The summed E-state index contributed by atoms with van der Waals surface area (Å²) in [5.74, 6) is 0. The molecule has 0 aromatic heterocycles. The molecule has 0 fully saturated rings. The summed E-state index contributed by atoms with van der Waals surface area (Å²) < 4.78 is 32.7. The smallest absolute Gasteiger partial charge is 0.414 e. The molecule has 0 saturated heterocycles. The van der Waals surface area contributed by atoms with E-state index < -0.39 is 42.4 Å². The topological polar surface area (TPSA) is 44.8 Å². The van der Waals surface area contributed by atoms with E-state index in [2.05, 4.69) is 64.5 Å². The molecular weight excluding hydrogens is 409 g/mol. The van der Waals surface area contributed by atoms with Crippen molar-refractivity contribution in [2.45, 2.75) is 71.0 Å². The lowest BCUT2D eigenvalue weighted by Crippen LogP contribution is -2.67. The lowest BCUT2D eigenvalue weighted by Gasteiger charge is -2.43. The molecule has 0 aliphatic rings. The second-order valence-electron chi connectivity index (χ2n) is 9.28. The van der Waals surface area contributed by atoms with Crippen LogP contribution in [0.1, 0.15) is 6.92 Å². The van der Waals surface area contributed by atoms with Gasteiger partial charge >= 0.3 is 8.80 Å². The molecule has 4 nitrogen and oxygen atoms in total. The Kier molecular flexibility index (Phi) is 8.31. The molecule has 0 heterocycles. The highest BCUT2D eigenvalue weighted by Gasteiger charge is 2.53. The van der Waals surface area contributed by atoms with E-state index in [-0.39, 0.29) is 0 Å². The fourth-order valence-electron chi connectivity index (χ4n) is 2.69. The van der Waals surface area contributed by atoms with Gasteiger partial charge in [-0.25, -0.2) is 0 Å². The summed E-state index contributed by atoms with van der Waals surface area (Å²) in [5.41, 5.74) is 0.680. The molecule has 0 radical (unpaired) electrons. The van der Waals surface area contributed by atoms with E-state index >= 15 is 0 Å². The molecule has 0 spiro atoms. The highest BCUT2D eigenvalue weighted by molar-refractivity contribution is 6.97. The minimum Gasteiger partial charge on any atom is -0.414 e. The number of hydrogen-bond donors (Lipinski definition) is 0. The molecule has 0 bridgehead atoms. The predicted octanol–water partition coefficient (Wildman–Crippen LogP) is 4.74. The minimum atomic E-state index is -3.09. The second kappa shape index (κ2) is 8.99. The molecule has 0 aliphatic carbocycles. The predicted molar refractivity (Wildman–Crippen MR) is 121 cm³/mol. The van der Waals surface area contributed by atoms with E-state index in [1.165, 1.54) is 0 Å². The molecule has 9 heteroatoms. The van der Waals surface area contributed by atoms with Crippen molar-refractivity contribution in [1.29, 1.82) is 0 Å². The van der Waals surface area contributed by atoms with Gasteiger partial charge in [0.15, 0.2) is 25.0 Å². The molecule has 1 aromatic rings. The summed E-state index contributed by atoms with van der Waals surface area (Å²) in [6, 6.07) is 10.9. The first-order valence-electron chi connectivity index (χ1n) is 9.36. The van der Waals surface area contributed by atoms with E-state index in [0.29, 0.717) is 5.67 Å². The maximum Gasteiger partial charge on any atom is 0.505 e. The van der Waals surface area contributed by atoms with Crippen molar-refractivity contribution in [2.75, 3.05) is 0 Å². The van der Waals surface area contributed by atoms with Crippen LogP contribution >= 0.6 is 0 Å². The Balaban J connectivity index is 3.43. The molecule has 0 amide bonds. The van der Waals surface area contributed by atoms with Crippen molar-refractivity contribution < 1.29 is 16.8 Å². The number of hydrogen-bond acceptors (Lipinski definition) is 4. The average molecular weight is 445 g/mol. The van der Waals surface area contributed by atoms with Crippen molar-refractivity contribution in [3.8, 4) is 0 Å². The van der Waals surface area contributed by atoms with Gasteiger partial charge in [0.05, 0.1) is 0 Å². The van der Waals surface area contributed by atoms with Crippen LogP contribution in [0, 0.1) is 0 Å². The minimum absolute atomic E-state index is 0.680. The van der Waals surface area contributed by atoms with E-state index in [1.807, 2.05) is 25.1 Å². The maximum atomic E-state index is 12.3. The highest BCUT2D eigenvalue weighted by atomic mass is 28.5. The third-order valence-electron chi connectivity index (χ3n) is 3.44. The Morgan fingerprint density at radius 2 is 1.27 bits per heavy atom. The third-order valence-corrected chi connectivity index (χ3v) is 20.6. The molecule has 0 aliphatic heterocycles. The van der Waals surface area contributed by atoms with Crippen molar-refractivity contribution in [3.63, 3.8) is 0 Å². The van der Waals surface area contributed by atoms with Crippen LogP contribution in [0.15, 0.2) is 30.3 Å². The fraction of sp³-hybridized carbons (Fsp3) is 0.647. The van der Waals surface area contributed by atoms with Gasteiger partial charge in [-0.15, -0.1) is 0 Å². The SMILES string of the molecule is CC[Si](=O)C[Si](C)(C)O[Si](O[Si](C)(C)C)(O[Si](C)(C)C)c1ccccc1. The Bertz CT molecular complexity index is 577. The Labute approximate surface area is 165 Å². The maximum absolute atomic E-state index is 12.3. The standard InChI is InChI=1S/C17H36O4Si5/c1-10-22(18)16-25(8,9)21-26(19-23(2,3)4,20-24(5,6)7)17-14-12-11-13-15-17/h11-15H,10,16H2,1-9H3. The molecular formula is C17H36O4Si5. The van der Waals surface area contributed by atoms with Gasteiger partial charge in [0.1, 0.15) is 0 Å². The molecule has 1 rings (SSSR count). The summed E-state index contributed by atoms with van der Waals surface area (Å²) in [4.78, 5) is 0. The summed E-state index contributed by atoms with van der Waals surface area (Å²) >= 11 is 0. The number of rotatable bonds is 10. The van der Waals surface area contributed by atoms with Crippen molar-refractivity contribution >= 4 is 47.6 Å². The van der Waals surface area contributed by atoms with Crippen molar-refractivity contribution in [2.24, 2.45) is 0 Å². The summed E-state index contributed by atoms with van der Waals surface area (Å²) in [5, 5.41) is 1.03. The average Bonchev–Trinajstić information content (AvgIpc) is 2.43. The van der Waals surface area contributed by atoms with E-state index in [0.717, 1.165) is 11.2 Å². The lowest BCUT2D eigenvalue weighted by molar-refractivity contribution is 0.272. The van der Waals surface area contributed by atoms with Crippen LogP contribution in [0.25, 0.3) is 0 Å². The van der Waals surface area contributed by atoms with Gasteiger partial charge in [-0.2, -0.15) is 0 Å². The van der Waals surface area contributed by atoms with Gasteiger partial charge in [0, 0.05) is 10.9 Å². The summed E-state index contributed by atoms with van der Waals surface area (Å²) in [6.07, 6.45) is 0. The fourth-order valence-corrected chi connectivity index (χ4v) is 21.4. The molecule has 148 valence electrons. The van der Waals surface area contributed by atoms with Gasteiger partial charge in [-0.3, -0.25) is 0 Å². The highest BCUT2D eigenvalue weighted by Crippen LogP contribution is 2.27. The van der Waals surface area contributed by atoms with Gasteiger partial charge in [-0.05, 0) is 58.4 Å². The van der Waals surface area contributed by atoms with Crippen LogP contribution in [-0.2, 0) is 16.8 Å². The van der Waals surface area contributed by atoms with Gasteiger partial charge < -0.3 is 16.8 Å². The summed E-state index contributed by atoms with van der Waals surface area (Å²) in [7, 11) is -10.8. The Morgan fingerprint density at radius 1 is 0.808 bits per heavy atom. The quantitative estimate of drug-likeness (QED) is 0.489. The van der Waals surface area contributed by atoms with Gasteiger partial charge in [0.25, 0.3) is 8.68 Å². The van der Waals surface area contributed by atoms with E-state index in [1.54, 1.807) is 0 Å². The van der Waals surface area contributed by atoms with Crippen LogP contribution in [-0.4, -0.2) is 42.4 Å². The summed E-state index contributed by atoms with van der Waals surface area (Å²) in [6.45, 7) is 19.4. The molecule has 0 unspecified atom stereocenters. The van der Waals surface area contributed by atoms with Crippen LogP contribution in [0.5, 0.6) is 0 Å². The molecule has 0 atom stereocenters. The van der Waals surface area contributed by atoms with Crippen molar-refractivity contribution in [1.82, 2.24) is 0 Å². The zero-order valence-electron chi connectivity index (χ0n) is 17.9. The first kappa shape index (κ1) is 24.0. The second-order valence-corrected chi connectivity index (χ2v) is 28.6. The van der Waals surface area contributed by atoms with Crippen LogP contribution in [0.3, 0.4) is 0 Å². The zero-order valence-corrected chi connectivity index (χ0v) is 22.9. The largest absolute Gasteiger partial charge is 0.505 e. The van der Waals surface area contributed by atoms with Gasteiger partial charge in [-0.1, -0.05) is 37.3 Å². The van der Waals surface area contributed by atoms with Crippen LogP contribution < -0.4 is 5.19 Å². The first-order chi connectivity index (χ1) is 11.7. The molecule has 1 aromatic carbocycles. The van der Waals surface area contributed by atoms with Crippen LogP contribution in [0.4, 0.5) is 0 Å². The Hall–Kier alpha value is -0.0156. The molecule has 26 heavy (non-hydrogen) atoms. The molecule has 0 N–H and O–H groups in total. The van der Waals surface area contributed by atoms with Crippen molar-refractivity contribution in [3.05, 3.63) is 30.3 Å². The zero-order chi connectivity index (χ0) is 20.2. The number of benzene rings is 1. The Morgan fingerprint density at radius 3 is 1.65 bits per heavy atom. The first-order valence-corrected chi connectivity index (χ1v) is 22.8. The van der Waals surface area contributed by atoms with Gasteiger partial charge in [0.2, 0.25) is 0 Å². The third kappa shape index (κ3) is 8.34. The monoisotopic (exact) mass is 444 g/mol. The van der Waals surface area contributed by atoms with E-state index in [9.17, 15) is 4.46 Å².